The molecule has 3 N–H and O–H groups in total. The minimum absolute atomic E-state index is 0.143. The van der Waals surface area contributed by atoms with Crippen LogP contribution in [-0.2, 0) is 9.59 Å². The number of amides is 2. The number of ketones is 1. The minimum Gasteiger partial charge on any atom is -0.403 e. The number of hydrogen-bond acceptors (Lipinski definition) is 6. The Morgan fingerprint density at radius 2 is 2.03 bits per heavy atom. The Balaban J connectivity index is 1.46. The van der Waals surface area contributed by atoms with E-state index < -0.39 is 35.8 Å². The van der Waals surface area contributed by atoms with Gasteiger partial charge in [-0.3, -0.25) is 14.4 Å². The van der Waals surface area contributed by atoms with Gasteiger partial charge in [-0.15, -0.1) is 13.2 Å². The number of Topliss-reactive ketones (excluding diaryl/α,β-unsaturated/α-hetero) is 1. The lowest BCUT2D eigenvalue weighted by Gasteiger charge is -2.19. The summed E-state index contributed by atoms with van der Waals surface area (Å²) < 4.78 is 42.1. The van der Waals surface area contributed by atoms with Gasteiger partial charge in [0.15, 0.2) is 17.4 Å². The molecule has 1 aromatic heterocycles. The zero-order chi connectivity index (χ0) is 25.2. The van der Waals surface area contributed by atoms with Gasteiger partial charge in [0.1, 0.15) is 11.6 Å². The molecule has 2 aliphatic rings. The lowest BCUT2D eigenvalue weighted by Crippen LogP contribution is -2.40. The van der Waals surface area contributed by atoms with Gasteiger partial charge in [-0.2, -0.15) is 5.26 Å². The van der Waals surface area contributed by atoms with Crippen molar-refractivity contribution in [3.8, 4) is 11.8 Å². The molecule has 9 nitrogen and oxygen atoms in total. The van der Waals surface area contributed by atoms with Gasteiger partial charge in [-0.25, -0.2) is 4.98 Å². The van der Waals surface area contributed by atoms with Crippen LogP contribution < -0.4 is 15.4 Å². The summed E-state index contributed by atoms with van der Waals surface area (Å²) in [6, 6.07) is 5.04. The molecule has 0 radical (unpaired) electrons. The fourth-order valence-electron chi connectivity index (χ4n) is 4.29. The summed E-state index contributed by atoms with van der Waals surface area (Å²) in [7, 11) is 0. The van der Waals surface area contributed by atoms with Crippen molar-refractivity contribution < 1.29 is 32.3 Å². The number of carbonyl (C=O) groups is 3. The molecule has 4 rings (SSSR count). The number of nitriles is 1. The Morgan fingerprint density at radius 3 is 2.66 bits per heavy atom. The van der Waals surface area contributed by atoms with Gasteiger partial charge in [-0.1, -0.05) is 18.9 Å². The van der Waals surface area contributed by atoms with E-state index in [4.69, 9.17) is 0 Å². The van der Waals surface area contributed by atoms with Gasteiger partial charge in [-0.05, 0) is 37.3 Å². The predicted molar refractivity (Wildman–Crippen MR) is 116 cm³/mol. The number of carbonyl (C=O) groups excluding carboxylic acids is 3. The first-order valence-electron chi connectivity index (χ1n) is 11.4. The van der Waals surface area contributed by atoms with Crippen LogP contribution in [0.5, 0.6) is 5.75 Å². The van der Waals surface area contributed by atoms with E-state index >= 15 is 0 Å². The zero-order valence-electron chi connectivity index (χ0n) is 18.7. The Bertz CT molecular complexity index is 1170. The van der Waals surface area contributed by atoms with E-state index in [9.17, 15) is 32.8 Å². The normalized spacial score (nSPS) is 19.6. The fraction of sp³-hybridized carbons (Fsp3) is 0.522. The SMILES string of the molecule is N#C[C@H](C[C@@H]1CCNC1=O)NC(=O)[C@@H](CC(=O)c1nc2c(OC(F)(F)F)cccc2[nH]1)CC1CC1. The molecule has 1 aliphatic heterocycles. The van der Waals surface area contributed by atoms with Crippen LogP contribution in [0, 0.1) is 29.1 Å². The Morgan fingerprint density at radius 1 is 1.26 bits per heavy atom. The smallest absolute Gasteiger partial charge is 0.403 e. The maximum Gasteiger partial charge on any atom is 0.573 e. The van der Waals surface area contributed by atoms with Crippen molar-refractivity contribution in [1.82, 2.24) is 20.6 Å². The largest absolute Gasteiger partial charge is 0.573 e. The number of imidazole rings is 1. The molecule has 2 amide bonds. The second-order valence-electron chi connectivity index (χ2n) is 8.99. The monoisotopic (exact) mass is 491 g/mol. The highest BCUT2D eigenvalue weighted by Crippen LogP contribution is 2.37. The number of rotatable bonds is 10. The highest BCUT2D eigenvalue weighted by molar-refractivity contribution is 5.99. The summed E-state index contributed by atoms with van der Waals surface area (Å²) in [6.45, 7) is 0.529. The van der Waals surface area contributed by atoms with Crippen LogP contribution in [-0.4, -0.2) is 46.5 Å². The van der Waals surface area contributed by atoms with Crippen molar-refractivity contribution in [2.24, 2.45) is 17.8 Å². The second-order valence-corrected chi connectivity index (χ2v) is 8.99. The standard InChI is InChI=1S/C23H24F3N5O4/c24-23(25,26)35-18-3-1-2-16-19(18)31-20(30-16)17(32)10-14(8-12-4-5-12)22(34)29-15(11-27)9-13-6-7-28-21(13)33/h1-3,12-15H,4-10H2,(H,28,33)(H,29,34)(H,30,31)/t13-,14+,15-/m0/s1. The second kappa shape index (κ2) is 9.93. The molecule has 0 unspecified atom stereocenters. The zero-order valence-corrected chi connectivity index (χ0v) is 18.7. The number of para-hydroxylation sites is 1. The predicted octanol–water partition coefficient (Wildman–Crippen LogP) is 2.99. The maximum atomic E-state index is 13.0. The van der Waals surface area contributed by atoms with Crippen LogP contribution in [0.1, 0.15) is 49.1 Å². The van der Waals surface area contributed by atoms with Gasteiger partial charge in [0.05, 0.1) is 11.6 Å². The molecule has 1 aliphatic carbocycles. The van der Waals surface area contributed by atoms with Crippen molar-refractivity contribution in [2.45, 2.75) is 50.9 Å². The van der Waals surface area contributed by atoms with Crippen LogP contribution in [0.15, 0.2) is 18.2 Å². The Kier molecular flexibility index (Phi) is 6.95. The summed E-state index contributed by atoms with van der Waals surface area (Å²) in [4.78, 5) is 44.5. The maximum absolute atomic E-state index is 13.0. The number of ether oxygens (including phenoxy) is 1. The first kappa shape index (κ1) is 24.5. The molecule has 35 heavy (non-hydrogen) atoms. The number of nitrogens with one attached hydrogen (secondary N) is 3. The number of aromatic nitrogens is 2. The Labute approximate surface area is 198 Å². The summed E-state index contributed by atoms with van der Waals surface area (Å²) in [6.07, 6.45) is -2.05. The number of hydrogen-bond donors (Lipinski definition) is 3. The van der Waals surface area contributed by atoms with Gasteiger partial charge in [0.2, 0.25) is 11.8 Å². The minimum atomic E-state index is -4.92. The van der Waals surface area contributed by atoms with E-state index in [2.05, 4.69) is 25.3 Å². The fourth-order valence-corrected chi connectivity index (χ4v) is 4.29. The van der Waals surface area contributed by atoms with E-state index in [1.54, 1.807) is 0 Å². The molecule has 186 valence electrons. The van der Waals surface area contributed by atoms with Gasteiger partial charge >= 0.3 is 6.36 Å². The molecular weight excluding hydrogens is 467 g/mol. The van der Waals surface area contributed by atoms with Crippen molar-refractivity contribution in [3.05, 3.63) is 24.0 Å². The lowest BCUT2D eigenvalue weighted by molar-refractivity contribution is -0.274. The molecule has 0 spiro atoms. The number of alkyl halides is 3. The van der Waals surface area contributed by atoms with Gasteiger partial charge in [0.25, 0.3) is 0 Å². The van der Waals surface area contributed by atoms with E-state index in [-0.39, 0.29) is 41.5 Å². The molecule has 1 saturated heterocycles. The third-order valence-electron chi connectivity index (χ3n) is 6.24. The average Bonchev–Trinajstić information content (AvgIpc) is 3.34. The molecule has 2 heterocycles. The molecule has 1 saturated carbocycles. The molecule has 2 fully saturated rings. The summed E-state index contributed by atoms with van der Waals surface area (Å²) >= 11 is 0. The lowest BCUT2D eigenvalue weighted by atomic mass is 9.93. The van der Waals surface area contributed by atoms with E-state index in [1.807, 2.05) is 6.07 Å². The average molecular weight is 491 g/mol. The topological polar surface area (TPSA) is 137 Å². The summed E-state index contributed by atoms with van der Waals surface area (Å²) in [5.41, 5.74) is 0.0495. The van der Waals surface area contributed by atoms with E-state index in [0.717, 1.165) is 18.9 Å². The first-order chi connectivity index (χ1) is 16.6. The molecule has 1 aromatic carbocycles. The van der Waals surface area contributed by atoms with Crippen LogP contribution in [0.4, 0.5) is 13.2 Å². The number of aromatic amines is 1. The van der Waals surface area contributed by atoms with Crippen molar-refractivity contribution in [2.75, 3.05) is 6.54 Å². The van der Waals surface area contributed by atoms with Crippen molar-refractivity contribution in [3.63, 3.8) is 0 Å². The van der Waals surface area contributed by atoms with E-state index in [1.165, 1.54) is 12.1 Å². The number of fused-ring (bicyclic) bond motifs is 1. The third-order valence-corrected chi connectivity index (χ3v) is 6.24. The van der Waals surface area contributed by atoms with Crippen molar-refractivity contribution in [1.29, 1.82) is 5.26 Å². The summed E-state index contributed by atoms with van der Waals surface area (Å²) in [5.74, 6) is -2.66. The molecule has 2 aromatic rings. The number of H-pyrrole nitrogens is 1. The highest BCUT2D eigenvalue weighted by Gasteiger charge is 2.35. The van der Waals surface area contributed by atoms with Crippen LogP contribution in [0.2, 0.25) is 0 Å². The van der Waals surface area contributed by atoms with Gasteiger partial charge in [0, 0.05) is 24.8 Å². The van der Waals surface area contributed by atoms with Crippen molar-refractivity contribution >= 4 is 28.6 Å². The number of halogens is 3. The number of nitrogens with zero attached hydrogens (tertiary/aromatic N) is 2. The van der Waals surface area contributed by atoms with Crippen LogP contribution >= 0.6 is 0 Å². The van der Waals surface area contributed by atoms with E-state index in [0.29, 0.717) is 25.3 Å². The first-order valence-corrected chi connectivity index (χ1v) is 11.4. The summed E-state index contributed by atoms with van der Waals surface area (Å²) in [5, 5.41) is 14.8. The molecule has 12 heteroatoms. The molecule has 0 bridgehead atoms. The Hall–Kier alpha value is -3.62. The number of benzene rings is 1. The quantitative estimate of drug-likeness (QED) is 0.437. The molecular formula is C23H24F3N5O4. The third kappa shape index (κ3) is 6.29. The van der Waals surface area contributed by atoms with Crippen LogP contribution in [0.25, 0.3) is 11.0 Å². The molecule has 3 atom stereocenters. The van der Waals surface area contributed by atoms with Crippen LogP contribution in [0.3, 0.4) is 0 Å². The van der Waals surface area contributed by atoms with Gasteiger partial charge < -0.3 is 20.4 Å². The highest BCUT2D eigenvalue weighted by atomic mass is 19.4.